The summed E-state index contributed by atoms with van der Waals surface area (Å²) < 4.78 is 11.4. The largest absolute Gasteiger partial charge is 0.394 e. The van der Waals surface area contributed by atoms with E-state index in [4.69, 9.17) is 14.4 Å². The number of nitrogens with zero attached hydrogens (tertiary/aromatic N) is 5. The van der Waals surface area contributed by atoms with Gasteiger partial charge in [-0.25, -0.2) is 9.67 Å². The molecule has 4 atom stereocenters. The number of aromatic nitrogens is 5. The lowest BCUT2D eigenvalue weighted by Gasteiger charge is -2.13. The summed E-state index contributed by atoms with van der Waals surface area (Å²) in [6.45, 7) is 1.24. The van der Waals surface area contributed by atoms with Crippen LogP contribution in [-0.2, 0) is 4.74 Å². The van der Waals surface area contributed by atoms with Crippen LogP contribution in [0.1, 0.15) is 12.1 Å². The summed E-state index contributed by atoms with van der Waals surface area (Å²) in [5.74, 6) is 0.803. The van der Waals surface area contributed by atoms with Crippen molar-refractivity contribution >= 4 is 0 Å². The Morgan fingerprint density at radius 2 is 2.10 bits per heavy atom. The molecule has 2 aromatic rings. The van der Waals surface area contributed by atoms with Crippen molar-refractivity contribution in [2.75, 3.05) is 6.61 Å². The highest BCUT2D eigenvalue weighted by Crippen LogP contribution is 2.28. The highest BCUT2D eigenvalue weighted by atomic mass is 16.6. The molecule has 0 aliphatic carbocycles. The Kier molecular flexibility index (Phi) is 3.22. The summed E-state index contributed by atoms with van der Waals surface area (Å²) in [7, 11) is 0. The molecule has 3 rings (SSSR count). The molecule has 0 aromatic carbocycles. The Morgan fingerprint density at radius 3 is 2.70 bits per heavy atom. The molecule has 10 nitrogen and oxygen atoms in total. The lowest BCUT2D eigenvalue weighted by Crippen LogP contribution is -2.33. The van der Waals surface area contributed by atoms with Crippen LogP contribution in [-0.4, -0.2) is 65.1 Å². The first kappa shape index (κ1) is 13.1. The van der Waals surface area contributed by atoms with Gasteiger partial charge in [-0.1, -0.05) is 5.16 Å². The van der Waals surface area contributed by atoms with Gasteiger partial charge in [-0.2, -0.15) is 4.98 Å². The molecule has 3 heterocycles. The maximum absolute atomic E-state index is 9.87. The zero-order valence-corrected chi connectivity index (χ0v) is 10.5. The van der Waals surface area contributed by atoms with Crippen LogP contribution >= 0.6 is 0 Å². The van der Waals surface area contributed by atoms with Gasteiger partial charge in [-0.15, -0.1) is 5.10 Å². The van der Waals surface area contributed by atoms with Crippen LogP contribution in [0.2, 0.25) is 0 Å². The maximum atomic E-state index is 9.87. The molecule has 3 N–H and O–H groups in total. The predicted octanol–water partition coefficient (Wildman–Crippen LogP) is -1.75. The molecule has 0 radical (unpaired) electrons. The lowest BCUT2D eigenvalue weighted by atomic mass is 10.1. The van der Waals surface area contributed by atoms with E-state index in [2.05, 4.69) is 20.2 Å². The van der Waals surface area contributed by atoms with Gasteiger partial charge < -0.3 is 24.6 Å². The minimum absolute atomic E-state index is 0.208. The highest BCUT2D eigenvalue weighted by molar-refractivity contribution is 5.39. The van der Waals surface area contributed by atoms with Crippen LogP contribution in [0.25, 0.3) is 11.6 Å². The van der Waals surface area contributed by atoms with Crippen molar-refractivity contribution in [1.82, 2.24) is 24.9 Å². The second-order valence-corrected chi connectivity index (χ2v) is 4.41. The summed E-state index contributed by atoms with van der Waals surface area (Å²) in [6, 6.07) is 0. The van der Waals surface area contributed by atoms with Gasteiger partial charge in [0.2, 0.25) is 17.5 Å². The Labute approximate surface area is 112 Å². The third-order valence-corrected chi connectivity index (χ3v) is 3.01. The number of aliphatic hydroxyl groups is 3. The van der Waals surface area contributed by atoms with E-state index in [1.54, 1.807) is 6.92 Å². The second kappa shape index (κ2) is 4.90. The minimum Gasteiger partial charge on any atom is -0.394 e. The zero-order valence-electron chi connectivity index (χ0n) is 10.5. The van der Waals surface area contributed by atoms with E-state index < -0.39 is 31.1 Å². The third-order valence-electron chi connectivity index (χ3n) is 3.01. The quantitative estimate of drug-likeness (QED) is 0.598. The summed E-state index contributed by atoms with van der Waals surface area (Å²) in [5, 5.41) is 36.3. The molecule has 0 bridgehead atoms. The van der Waals surface area contributed by atoms with Crippen molar-refractivity contribution in [2.45, 2.75) is 31.5 Å². The molecule has 10 heteroatoms. The fourth-order valence-corrected chi connectivity index (χ4v) is 1.99. The minimum atomic E-state index is -1.21. The number of rotatable bonds is 3. The number of aliphatic hydroxyl groups excluding tert-OH is 3. The zero-order chi connectivity index (χ0) is 14.3. The van der Waals surface area contributed by atoms with Crippen LogP contribution in [0.5, 0.6) is 0 Å². The van der Waals surface area contributed by atoms with Crippen molar-refractivity contribution in [3.05, 3.63) is 12.2 Å². The lowest BCUT2D eigenvalue weighted by molar-refractivity contribution is -0.0587. The van der Waals surface area contributed by atoms with E-state index in [1.165, 1.54) is 11.0 Å². The van der Waals surface area contributed by atoms with Gasteiger partial charge in [-0.05, 0) is 0 Å². The normalized spacial score (nSPS) is 30.0. The first-order valence-corrected chi connectivity index (χ1v) is 5.94. The number of hydrogen-bond donors (Lipinski definition) is 3. The molecular weight excluding hydrogens is 270 g/mol. The molecule has 1 fully saturated rings. The first-order valence-electron chi connectivity index (χ1n) is 5.94. The molecule has 1 saturated heterocycles. The molecule has 0 amide bonds. The van der Waals surface area contributed by atoms with Crippen molar-refractivity contribution in [2.24, 2.45) is 0 Å². The fourth-order valence-electron chi connectivity index (χ4n) is 1.99. The smallest absolute Gasteiger partial charge is 0.242 e. The monoisotopic (exact) mass is 283 g/mol. The second-order valence-electron chi connectivity index (χ2n) is 4.41. The third kappa shape index (κ3) is 2.08. The van der Waals surface area contributed by atoms with Gasteiger partial charge in [0.15, 0.2) is 6.23 Å². The van der Waals surface area contributed by atoms with Crippen LogP contribution in [0.3, 0.4) is 0 Å². The van der Waals surface area contributed by atoms with E-state index in [0.29, 0.717) is 5.89 Å². The van der Waals surface area contributed by atoms with Crippen molar-refractivity contribution in [3.63, 3.8) is 0 Å². The molecule has 108 valence electrons. The van der Waals surface area contributed by atoms with E-state index >= 15 is 0 Å². The molecule has 0 unspecified atom stereocenters. The average molecular weight is 283 g/mol. The standard InChI is InChI=1S/C10H13N5O5/c1-4-12-9(14-20-4)8-11-3-15(13-8)10-7(18)6(17)5(2-16)19-10/h3,5-7,10,16-18H,2H2,1H3/t5-,6-,7-,10-/m1/s1. The summed E-state index contributed by atoms with van der Waals surface area (Å²) in [4.78, 5) is 7.96. The first-order chi connectivity index (χ1) is 9.60. The van der Waals surface area contributed by atoms with Crippen molar-refractivity contribution < 1.29 is 24.6 Å². The van der Waals surface area contributed by atoms with E-state index in [0.717, 1.165) is 0 Å². The predicted molar refractivity (Wildman–Crippen MR) is 61.1 cm³/mol. The number of ether oxygens (including phenoxy) is 1. The SMILES string of the molecule is Cc1nc(-c2ncn([C@@H]3O[C@H](CO)[C@@H](O)[C@H]3O)n2)no1. The Morgan fingerprint density at radius 1 is 1.30 bits per heavy atom. The molecule has 1 aliphatic rings. The number of hydrogen-bond acceptors (Lipinski definition) is 9. The fraction of sp³-hybridized carbons (Fsp3) is 0.600. The van der Waals surface area contributed by atoms with Crippen LogP contribution in [0.4, 0.5) is 0 Å². The molecule has 1 aliphatic heterocycles. The Bertz CT molecular complexity index is 598. The van der Waals surface area contributed by atoms with Gasteiger partial charge >= 0.3 is 0 Å². The Hall–Kier alpha value is -1.88. The van der Waals surface area contributed by atoms with Gasteiger partial charge in [0.25, 0.3) is 0 Å². The van der Waals surface area contributed by atoms with Gasteiger partial charge in [0.1, 0.15) is 24.6 Å². The molecule has 0 saturated carbocycles. The van der Waals surface area contributed by atoms with Gasteiger partial charge in [0, 0.05) is 6.92 Å². The Balaban J connectivity index is 1.84. The van der Waals surface area contributed by atoms with Crippen LogP contribution in [0, 0.1) is 6.92 Å². The summed E-state index contributed by atoms with van der Waals surface area (Å²) >= 11 is 0. The van der Waals surface area contributed by atoms with E-state index in [-0.39, 0.29) is 11.6 Å². The molecular formula is C10H13N5O5. The van der Waals surface area contributed by atoms with E-state index in [1.807, 2.05) is 0 Å². The van der Waals surface area contributed by atoms with Crippen LogP contribution < -0.4 is 0 Å². The van der Waals surface area contributed by atoms with Crippen LogP contribution in [0.15, 0.2) is 10.9 Å². The molecule has 0 spiro atoms. The number of aryl methyl sites for hydroxylation is 1. The summed E-state index contributed by atoms with van der Waals surface area (Å²) in [5.41, 5.74) is 0. The highest BCUT2D eigenvalue weighted by Gasteiger charge is 2.44. The van der Waals surface area contributed by atoms with Gasteiger partial charge in [-0.3, -0.25) is 0 Å². The average Bonchev–Trinajstić information content (AvgIpc) is 3.12. The maximum Gasteiger partial charge on any atom is 0.242 e. The topological polar surface area (TPSA) is 140 Å². The van der Waals surface area contributed by atoms with Gasteiger partial charge in [0.05, 0.1) is 6.61 Å². The summed E-state index contributed by atoms with van der Waals surface area (Å²) in [6.07, 6.45) is -2.88. The molecule has 20 heavy (non-hydrogen) atoms. The molecule has 2 aromatic heterocycles. The van der Waals surface area contributed by atoms with Crippen molar-refractivity contribution in [3.8, 4) is 11.6 Å². The van der Waals surface area contributed by atoms with Crippen molar-refractivity contribution in [1.29, 1.82) is 0 Å². The van der Waals surface area contributed by atoms with E-state index in [9.17, 15) is 10.2 Å².